The van der Waals surface area contributed by atoms with Crippen molar-refractivity contribution in [2.75, 3.05) is 4.72 Å². The zero-order chi connectivity index (χ0) is 22.3. The second kappa shape index (κ2) is 8.11. The number of nitrogens with zero attached hydrogens (tertiary/aromatic N) is 1. The van der Waals surface area contributed by atoms with Gasteiger partial charge in [-0.05, 0) is 68.0 Å². The van der Waals surface area contributed by atoms with Crippen molar-refractivity contribution in [3.63, 3.8) is 0 Å². The number of nitrogens with one attached hydrogen (secondary N) is 1. The molecule has 7 heteroatoms. The molecular weight excluding hydrogens is 412 g/mol. The summed E-state index contributed by atoms with van der Waals surface area (Å²) in [4.78, 5) is 27.1. The quantitative estimate of drug-likeness (QED) is 0.710. The molecule has 1 saturated carbocycles. The van der Waals surface area contributed by atoms with Crippen molar-refractivity contribution < 1.29 is 18.0 Å². The van der Waals surface area contributed by atoms with Gasteiger partial charge < -0.3 is 0 Å². The number of hydrogen-bond donors (Lipinski definition) is 1. The summed E-state index contributed by atoms with van der Waals surface area (Å²) in [6, 6.07) is 10.7. The van der Waals surface area contributed by atoms with Crippen molar-refractivity contribution in [2.45, 2.75) is 57.9 Å². The summed E-state index contributed by atoms with van der Waals surface area (Å²) < 4.78 is 29.0. The molecule has 6 nitrogen and oxygen atoms in total. The lowest BCUT2D eigenvalue weighted by Crippen LogP contribution is -2.30. The topological polar surface area (TPSA) is 83.6 Å². The number of carbonyl (C=O) groups is 2. The fourth-order valence-corrected chi connectivity index (χ4v) is 6.07. The molecule has 2 atom stereocenters. The maximum atomic E-state index is 13.2. The van der Waals surface area contributed by atoms with Crippen LogP contribution in [0.25, 0.3) is 0 Å². The Bertz CT molecular complexity index is 1130. The molecule has 0 aromatic heterocycles. The number of likely N-dealkylation sites (tertiary alicyclic amines) is 1. The Morgan fingerprint density at radius 3 is 2.16 bits per heavy atom. The van der Waals surface area contributed by atoms with Crippen LogP contribution in [-0.4, -0.2) is 25.1 Å². The van der Waals surface area contributed by atoms with Gasteiger partial charge in [0.15, 0.2) is 0 Å². The summed E-state index contributed by atoms with van der Waals surface area (Å²) in [6.07, 6.45) is 3.48. The molecule has 2 amide bonds. The van der Waals surface area contributed by atoms with Crippen molar-refractivity contribution in [2.24, 2.45) is 11.8 Å². The highest BCUT2D eigenvalue weighted by Crippen LogP contribution is 2.38. The monoisotopic (exact) mass is 440 g/mol. The lowest BCUT2D eigenvalue weighted by atomic mass is 9.81. The molecule has 31 heavy (non-hydrogen) atoms. The van der Waals surface area contributed by atoms with Gasteiger partial charge in [-0.15, -0.1) is 0 Å². The maximum Gasteiger partial charge on any atom is 0.262 e. The molecule has 164 valence electrons. The van der Waals surface area contributed by atoms with Gasteiger partial charge in [-0.2, -0.15) is 0 Å². The van der Waals surface area contributed by atoms with Crippen LogP contribution < -0.4 is 4.72 Å². The van der Waals surface area contributed by atoms with Crippen LogP contribution in [0.4, 0.5) is 5.69 Å². The van der Waals surface area contributed by atoms with Gasteiger partial charge in [-0.25, -0.2) is 8.42 Å². The Hall–Kier alpha value is -2.67. The predicted molar refractivity (Wildman–Crippen MR) is 119 cm³/mol. The lowest BCUT2D eigenvalue weighted by molar-refractivity contribution is -0.140. The minimum atomic E-state index is -3.83. The van der Waals surface area contributed by atoms with Crippen molar-refractivity contribution in [1.82, 2.24) is 4.90 Å². The zero-order valence-corrected chi connectivity index (χ0v) is 19.0. The standard InChI is InChI=1S/C24H28N2O4S/c1-15-8-9-16(2)21(12-15)25-31(29,30)22-13-18(11-10-17(22)3)14-26-23(27)19-6-4-5-7-20(19)24(26)28/h8-13,19-20,25H,4-7,14H2,1-3H3/t19-,20+. The number of imide groups is 1. The fraction of sp³-hybridized carbons (Fsp3) is 0.417. The van der Waals surface area contributed by atoms with Crippen LogP contribution in [0.5, 0.6) is 0 Å². The van der Waals surface area contributed by atoms with Crippen LogP contribution in [0.2, 0.25) is 0 Å². The smallest absolute Gasteiger partial charge is 0.262 e. The van der Waals surface area contributed by atoms with E-state index in [0.717, 1.165) is 36.8 Å². The van der Waals surface area contributed by atoms with Gasteiger partial charge in [0, 0.05) is 0 Å². The minimum absolute atomic E-state index is 0.108. The van der Waals surface area contributed by atoms with E-state index >= 15 is 0 Å². The van der Waals surface area contributed by atoms with Crippen LogP contribution in [-0.2, 0) is 26.2 Å². The first kappa shape index (κ1) is 21.6. The summed E-state index contributed by atoms with van der Waals surface area (Å²) in [5.74, 6) is -0.650. The van der Waals surface area contributed by atoms with Gasteiger partial charge in [0.05, 0.1) is 29.0 Å². The highest BCUT2D eigenvalue weighted by Gasteiger charge is 2.47. The first-order valence-corrected chi connectivity index (χ1v) is 12.2. The number of amides is 2. The first-order chi connectivity index (χ1) is 14.7. The largest absolute Gasteiger partial charge is 0.279 e. The van der Waals surface area contributed by atoms with Crippen LogP contribution in [0.15, 0.2) is 41.3 Å². The maximum absolute atomic E-state index is 13.2. The van der Waals surface area contributed by atoms with Crippen molar-refractivity contribution in [3.8, 4) is 0 Å². The molecular formula is C24H28N2O4S. The molecule has 1 aliphatic heterocycles. The molecule has 2 aromatic rings. The van der Waals surface area contributed by atoms with Crippen molar-refractivity contribution >= 4 is 27.5 Å². The van der Waals surface area contributed by atoms with Gasteiger partial charge in [-0.1, -0.05) is 37.1 Å². The Morgan fingerprint density at radius 2 is 1.52 bits per heavy atom. The number of hydrogen-bond acceptors (Lipinski definition) is 4. The number of sulfonamides is 1. The summed E-state index contributed by atoms with van der Waals surface area (Å²) in [5.41, 5.74) is 3.57. The normalized spacial score (nSPS) is 21.3. The Morgan fingerprint density at radius 1 is 0.903 bits per heavy atom. The van der Waals surface area contributed by atoms with E-state index in [9.17, 15) is 18.0 Å². The molecule has 4 rings (SSSR count). The molecule has 2 aromatic carbocycles. The van der Waals surface area contributed by atoms with Crippen molar-refractivity contribution in [3.05, 3.63) is 58.7 Å². The Labute approximate surface area is 183 Å². The molecule has 2 fully saturated rings. The van der Waals surface area contributed by atoms with E-state index in [0.29, 0.717) is 16.8 Å². The number of aryl methyl sites for hydroxylation is 3. The average molecular weight is 441 g/mol. The summed E-state index contributed by atoms with van der Waals surface area (Å²) in [5, 5.41) is 0. The van der Waals surface area contributed by atoms with Gasteiger partial charge in [-0.3, -0.25) is 19.2 Å². The summed E-state index contributed by atoms with van der Waals surface area (Å²) >= 11 is 0. The summed E-state index contributed by atoms with van der Waals surface area (Å²) in [7, 11) is -3.83. The number of benzene rings is 2. The average Bonchev–Trinajstić information content (AvgIpc) is 2.97. The van der Waals surface area contributed by atoms with Gasteiger partial charge in [0.2, 0.25) is 11.8 Å². The zero-order valence-electron chi connectivity index (χ0n) is 18.1. The number of carbonyl (C=O) groups excluding carboxylic acids is 2. The molecule has 0 radical (unpaired) electrons. The Balaban J connectivity index is 1.60. The summed E-state index contributed by atoms with van der Waals surface area (Å²) in [6.45, 7) is 5.61. The molecule has 0 unspecified atom stereocenters. The van der Waals surface area contributed by atoms with E-state index < -0.39 is 10.0 Å². The number of rotatable bonds is 5. The third-order valence-electron chi connectivity index (χ3n) is 6.45. The second-order valence-electron chi connectivity index (χ2n) is 8.78. The highest BCUT2D eigenvalue weighted by atomic mass is 32.2. The van der Waals surface area contributed by atoms with E-state index in [1.807, 2.05) is 26.0 Å². The first-order valence-electron chi connectivity index (χ1n) is 10.7. The minimum Gasteiger partial charge on any atom is -0.279 e. The SMILES string of the molecule is Cc1ccc(C)c(NS(=O)(=O)c2cc(CN3C(=O)[C@H]4CCCC[C@H]4C3=O)ccc2C)c1. The molecule has 1 N–H and O–H groups in total. The third-order valence-corrected chi connectivity index (χ3v) is 7.96. The molecule has 1 saturated heterocycles. The number of anilines is 1. The van der Waals surface area contributed by atoms with Crippen LogP contribution in [0, 0.1) is 32.6 Å². The van der Waals surface area contributed by atoms with E-state index in [1.54, 1.807) is 31.2 Å². The van der Waals surface area contributed by atoms with Crippen molar-refractivity contribution in [1.29, 1.82) is 0 Å². The highest BCUT2D eigenvalue weighted by molar-refractivity contribution is 7.92. The molecule has 1 aliphatic carbocycles. The molecule has 1 heterocycles. The van der Waals surface area contributed by atoms with Gasteiger partial charge in [0.25, 0.3) is 10.0 Å². The Kier molecular flexibility index (Phi) is 5.64. The molecule has 0 spiro atoms. The van der Waals surface area contributed by atoms with E-state index in [2.05, 4.69) is 4.72 Å². The van der Waals surface area contributed by atoms with Crippen LogP contribution in [0.3, 0.4) is 0 Å². The third kappa shape index (κ3) is 4.11. The van der Waals surface area contributed by atoms with Gasteiger partial charge in [0.1, 0.15) is 0 Å². The lowest BCUT2D eigenvalue weighted by Gasteiger charge is -2.19. The van der Waals surface area contributed by atoms with Crippen LogP contribution >= 0.6 is 0 Å². The fourth-order valence-electron chi connectivity index (χ4n) is 4.65. The van der Waals surface area contributed by atoms with E-state index in [4.69, 9.17) is 0 Å². The molecule has 0 bridgehead atoms. The molecule has 2 aliphatic rings. The van der Waals surface area contributed by atoms with Crippen LogP contribution in [0.1, 0.15) is 47.9 Å². The number of fused-ring (bicyclic) bond motifs is 1. The second-order valence-corrected chi connectivity index (χ2v) is 10.4. The van der Waals surface area contributed by atoms with E-state index in [-0.39, 0.29) is 35.1 Å². The predicted octanol–water partition coefficient (Wildman–Crippen LogP) is 4.09. The van der Waals surface area contributed by atoms with E-state index in [1.165, 1.54) is 4.90 Å². The van der Waals surface area contributed by atoms with Gasteiger partial charge >= 0.3 is 0 Å².